The summed E-state index contributed by atoms with van der Waals surface area (Å²) in [6.07, 6.45) is 12.0. The highest BCUT2D eigenvalue weighted by atomic mass is 79.9. The largest absolute Gasteiger partial charge is 0.477 e. The molecule has 3 aliphatic rings. The SMILES string of the molecule is COC(=O)c1sc(-c2cccc(C)c2)cc1N(C(=O)C1CCC(C)CC1)C(C)C.COC(=O)c1sc(Br)cc1N(C(=O)C1CCC(C)CC1)C(C)C.COC(=O)c1sc(Br)cc1NC(C)C.Cc1cccc(-c2cc(N(C(=O)C3CCC(C)CC3)C(C)C)c(C(=O)O)s2)c1. The van der Waals surface area contributed by atoms with Crippen molar-refractivity contribution in [1.82, 2.24) is 0 Å². The van der Waals surface area contributed by atoms with Crippen LogP contribution in [0.2, 0.25) is 0 Å². The number of anilines is 4. The zero-order valence-corrected chi connectivity index (χ0v) is 63.9. The lowest BCUT2D eigenvalue weighted by molar-refractivity contribution is -0.124. The summed E-state index contributed by atoms with van der Waals surface area (Å²) in [5.74, 6) is 0.385. The monoisotopic (exact) mass is 1490 g/mol. The van der Waals surface area contributed by atoms with E-state index in [-0.39, 0.29) is 70.4 Å². The molecule has 3 amide bonds. The molecule has 0 bridgehead atoms. The van der Waals surface area contributed by atoms with Crippen LogP contribution in [0.25, 0.3) is 20.9 Å². The number of hydrogen-bond donors (Lipinski definition) is 2. The first-order valence-electron chi connectivity index (χ1n) is 32.7. The van der Waals surface area contributed by atoms with E-state index in [2.05, 4.69) is 68.8 Å². The van der Waals surface area contributed by atoms with Crippen molar-refractivity contribution in [2.24, 2.45) is 35.5 Å². The Morgan fingerprint density at radius 2 is 0.777 bits per heavy atom. The number of halogens is 2. The maximum absolute atomic E-state index is 13.5. The average molecular weight is 1490 g/mol. The van der Waals surface area contributed by atoms with Crippen LogP contribution < -0.4 is 20.0 Å². The van der Waals surface area contributed by atoms with Crippen LogP contribution >= 0.6 is 77.2 Å². The van der Waals surface area contributed by atoms with Crippen molar-refractivity contribution in [3.63, 3.8) is 0 Å². The van der Waals surface area contributed by atoms with Gasteiger partial charge in [0, 0.05) is 51.7 Å². The molecule has 0 aliphatic heterocycles. The zero-order chi connectivity index (χ0) is 69.4. The molecule has 0 atom stereocenters. The van der Waals surface area contributed by atoms with Crippen molar-refractivity contribution < 1.29 is 52.9 Å². The molecule has 3 fully saturated rings. The number of ether oxygens (including phenoxy) is 3. The molecule has 3 saturated carbocycles. The van der Waals surface area contributed by atoms with Crippen LogP contribution in [0, 0.1) is 49.4 Å². The van der Waals surface area contributed by atoms with Gasteiger partial charge in [0.05, 0.1) is 51.7 Å². The zero-order valence-electron chi connectivity index (χ0n) is 57.4. The molecule has 0 unspecified atom stereocenters. The van der Waals surface area contributed by atoms with Crippen LogP contribution in [0.15, 0.2) is 80.4 Å². The first kappa shape index (κ1) is 77.3. The second-order valence-corrected chi connectivity index (χ2v) is 33.3. The van der Waals surface area contributed by atoms with Crippen LogP contribution in [0.3, 0.4) is 0 Å². The van der Waals surface area contributed by atoms with E-state index in [1.54, 1.807) is 9.80 Å². The van der Waals surface area contributed by atoms with Gasteiger partial charge in [-0.25, -0.2) is 19.2 Å². The number of carbonyl (C=O) groups excluding carboxylic acids is 6. The predicted molar refractivity (Wildman–Crippen MR) is 394 cm³/mol. The number of nitrogens with one attached hydrogen (secondary N) is 1. The number of carboxylic acids is 1. The molecule has 3 aliphatic carbocycles. The van der Waals surface area contributed by atoms with Gasteiger partial charge in [-0.1, -0.05) is 80.4 Å². The van der Waals surface area contributed by atoms with Gasteiger partial charge < -0.3 is 39.3 Å². The number of carbonyl (C=O) groups is 7. The molecule has 2 aromatic carbocycles. The summed E-state index contributed by atoms with van der Waals surface area (Å²) in [7, 11) is 4.14. The van der Waals surface area contributed by atoms with Gasteiger partial charge in [-0.3, -0.25) is 14.4 Å². The lowest BCUT2D eigenvalue weighted by Gasteiger charge is -2.33. The molecule has 0 saturated heterocycles. The lowest BCUT2D eigenvalue weighted by atomic mass is 9.82. The molecule has 15 nitrogen and oxygen atoms in total. The molecule has 0 spiro atoms. The first-order valence-corrected chi connectivity index (χ1v) is 37.6. The fraction of sp³-hybridized carbons (Fsp3) is 0.521. The fourth-order valence-corrected chi connectivity index (χ4v) is 17.3. The number of aryl methyl sites for hydroxylation is 2. The number of carboxylic acid groups (broad SMARTS) is 1. The number of amides is 3. The molecule has 4 heterocycles. The summed E-state index contributed by atoms with van der Waals surface area (Å²) < 4.78 is 16.3. The third kappa shape index (κ3) is 20.7. The van der Waals surface area contributed by atoms with E-state index in [0.29, 0.717) is 55.5 Å². The van der Waals surface area contributed by atoms with Crippen LogP contribution in [-0.2, 0) is 28.6 Å². The van der Waals surface area contributed by atoms with Crippen molar-refractivity contribution in [2.75, 3.05) is 41.3 Å². The Morgan fingerprint density at radius 3 is 1.12 bits per heavy atom. The first-order chi connectivity index (χ1) is 44.5. The highest BCUT2D eigenvalue weighted by molar-refractivity contribution is 9.11. The third-order valence-corrected chi connectivity index (χ3v) is 22.8. The maximum Gasteiger partial charge on any atom is 0.350 e. The molecule has 94 heavy (non-hydrogen) atoms. The summed E-state index contributed by atoms with van der Waals surface area (Å²) in [4.78, 5) is 96.9. The minimum absolute atomic E-state index is 0.00763. The van der Waals surface area contributed by atoms with Crippen molar-refractivity contribution in [3.05, 3.63) is 111 Å². The molecular weight excluding hydrogens is 1400 g/mol. The molecule has 512 valence electrons. The Labute approximate surface area is 590 Å². The van der Waals surface area contributed by atoms with Crippen molar-refractivity contribution in [2.45, 2.75) is 191 Å². The lowest BCUT2D eigenvalue weighted by Crippen LogP contribution is -2.42. The van der Waals surface area contributed by atoms with E-state index in [4.69, 9.17) is 9.47 Å². The fourth-order valence-electron chi connectivity index (χ4n) is 12.3. The van der Waals surface area contributed by atoms with E-state index in [1.807, 2.05) is 141 Å². The van der Waals surface area contributed by atoms with Gasteiger partial charge in [0.25, 0.3) is 0 Å². The number of methoxy groups -OCH3 is 3. The van der Waals surface area contributed by atoms with E-state index >= 15 is 0 Å². The van der Waals surface area contributed by atoms with Gasteiger partial charge in [-0.05, 0) is 231 Å². The quantitative estimate of drug-likeness (QED) is 0.0650. The highest BCUT2D eigenvalue weighted by Crippen LogP contribution is 2.44. The maximum atomic E-state index is 13.5. The number of benzene rings is 2. The van der Waals surface area contributed by atoms with Crippen molar-refractivity contribution in [1.29, 1.82) is 0 Å². The molecule has 21 heteroatoms. The Balaban J connectivity index is 0.000000204. The van der Waals surface area contributed by atoms with Gasteiger partial charge in [0.2, 0.25) is 17.7 Å². The Kier molecular flexibility index (Phi) is 29.6. The van der Waals surface area contributed by atoms with Gasteiger partial charge in [0.15, 0.2) is 0 Å². The van der Waals surface area contributed by atoms with Crippen LogP contribution in [0.4, 0.5) is 22.7 Å². The Morgan fingerprint density at radius 1 is 0.457 bits per heavy atom. The van der Waals surface area contributed by atoms with Crippen LogP contribution in [-0.4, -0.2) is 92.2 Å². The number of esters is 3. The highest BCUT2D eigenvalue weighted by Gasteiger charge is 2.37. The summed E-state index contributed by atoms with van der Waals surface area (Å²) in [5, 5.41) is 13.0. The smallest absolute Gasteiger partial charge is 0.350 e. The number of nitrogens with zero attached hydrogens (tertiary/aromatic N) is 3. The second-order valence-electron chi connectivity index (χ2n) is 26.3. The molecule has 9 rings (SSSR count). The molecule has 6 aromatic rings. The molecule has 2 N–H and O–H groups in total. The topological polar surface area (TPSA) is 189 Å². The van der Waals surface area contributed by atoms with Crippen molar-refractivity contribution in [3.8, 4) is 20.9 Å². The summed E-state index contributed by atoms with van der Waals surface area (Å²) >= 11 is 12.1. The minimum atomic E-state index is -0.977. The van der Waals surface area contributed by atoms with Gasteiger partial charge >= 0.3 is 23.9 Å². The van der Waals surface area contributed by atoms with Gasteiger partial charge in [0.1, 0.15) is 19.5 Å². The average Bonchev–Trinajstić information content (AvgIpc) is 1.64. The standard InChI is InChI=1S/C24H31NO3S.C23H29NO3S.C17H24BrNO3S.C9H12BrNO2S/c1-15(2)25(23(26)18-11-9-16(3)10-12-18)20-14-21(29-22(20)24(27)28-5)19-8-6-7-17(4)13-19;1-14(2)24(22(25)17-10-8-15(3)9-11-17)19-13-20(28-21(19)23(26)27)18-7-5-6-16(4)12-18;1-10(2)19(16(20)12-7-5-11(3)6-8-12)13-9-14(18)23-15(13)17(21)22-4;1-5(2)11-6-4-7(10)14-8(6)9(12)13-3/h6-8,13-16,18H,9-12H2,1-5H3;5-7,12-15,17H,8-11H2,1-4H3,(H,26,27);9-12H,5-8H2,1-4H3;4-5,11H,1-3H3. The van der Waals surface area contributed by atoms with E-state index in [1.165, 1.54) is 66.7 Å². The summed E-state index contributed by atoms with van der Waals surface area (Å²) in [6, 6.07) is 24.0. The van der Waals surface area contributed by atoms with Crippen molar-refractivity contribution >= 4 is 142 Å². The molecular formula is C73H96Br2N4O11S4. The summed E-state index contributed by atoms with van der Waals surface area (Å²) in [6.45, 7) is 26.7. The number of thiophene rings is 4. The predicted octanol–water partition coefficient (Wildman–Crippen LogP) is 20.0. The molecule has 0 radical (unpaired) electrons. The Bertz CT molecular complexity index is 3540. The Hall–Kier alpha value is -5.71. The van der Waals surface area contributed by atoms with E-state index < -0.39 is 11.9 Å². The van der Waals surface area contributed by atoms with E-state index in [9.17, 15) is 38.7 Å². The number of rotatable bonds is 17. The molecule has 4 aromatic heterocycles. The summed E-state index contributed by atoms with van der Waals surface area (Å²) in [5.41, 5.74) is 7.01. The van der Waals surface area contributed by atoms with Gasteiger partial charge in [-0.15, -0.1) is 45.3 Å². The van der Waals surface area contributed by atoms with Gasteiger partial charge in [-0.2, -0.15) is 0 Å². The number of hydrogen-bond acceptors (Lipinski definition) is 15. The minimum Gasteiger partial charge on any atom is -0.477 e. The van der Waals surface area contributed by atoms with Crippen LogP contribution in [0.5, 0.6) is 0 Å². The van der Waals surface area contributed by atoms with E-state index in [0.717, 1.165) is 122 Å². The second kappa shape index (κ2) is 36.0. The number of aromatic carboxylic acids is 1. The third-order valence-electron chi connectivity index (χ3n) is 17.3. The van der Waals surface area contributed by atoms with Crippen LogP contribution in [0.1, 0.15) is 203 Å². The normalized spacial score (nSPS) is 18.5.